The molecule has 0 atom stereocenters. The molecule has 2 aromatic heterocycles. The summed E-state index contributed by atoms with van der Waals surface area (Å²) in [5.41, 5.74) is 1.97. The molecular formula is C13H12N6O2. The Morgan fingerprint density at radius 3 is 3.00 bits per heavy atom. The first-order chi connectivity index (χ1) is 10.2. The van der Waals surface area contributed by atoms with E-state index in [2.05, 4.69) is 20.4 Å². The molecule has 0 saturated heterocycles. The molecule has 0 aliphatic heterocycles. The Labute approximate surface area is 119 Å². The van der Waals surface area contributed by atoms with Crippen LogP contribution in [0.25, 0.3) is 16.9 Å². The summed E-state index contributed by atoms with van der Waals surface area (Å²) in [6.45, 7) is 2.68. The Morgan fingerprint density at radius 1 is 1.38 bits per heavy atom. The van der Waals surface area contributed by atoms with Crippen molar-refractivity contribution in [2.24, 2.45) is 0 Å². The Morgan fingerprint density at radius 2 is 2.24 bits per heavy atom. The van der Waals surface area contributed by atoms with Gasteiger partial charge in [0.05, 0.1) is 16.8 Å². The minimum atomic E-state index is -0.425. The average molecular weight is 284 g/mol. The van der Waals surface area contributed by atoms with E-state index < -0.39 is 4.92 Å². The lowest BCUT2D eigenvalue weighted by molar-refractivity contribution is -0.384. The maximum atomic E-state index is 10.9. The van der Waals surface area contributed by atoms with E-state index in [4.69, 9.17) is 0 Å². The summed E-state index contributed by atoms with van der Waals surface area (Å²) < 4.78 is 1.62. The topological polar surface area (TPSA) is 98.2 Å². The van der Waals surface area contributed by atoms with E-state index in [9.17, 15) is 10.1 Å². The third-order valence-electron chi connectivity index (χ3n) is 3.00. The van der Waals surface area contributed by atoms with Gasteiger partial charge in [0.25, 0.3) is 5.69 Å². The molecule has 1 N–H and O–H groups in total. The highest BCUT2D eigenvalue weighted by molar-refractivity contribution is 5.70. The predicted molar refractivity (Wildman–Crippen MR) is 77.0 cm³/mol. The van der Waals surface area contributed by atoms with E-state index in [0.29, 0.717) is 29.3 Å². The first-order valence-corrected chi connectivity index (χ1v) is 6.38. The molecule has 0 saturated carbocycles. The van der Waals surface area contributed by atoms with Crippen LogP contribution in [0.3, 0.4) is 0 Å². The van der Waals surface area contributed by atoms with E-state index in [1.165, 1.54) is 18.5 Å². The van der Waals surface area contributed by atoms with Crippen molar-refractivity contribution in [3.8, 4) is 11.3 Å². The number of hydrogen-bond acceptors (Lipinski definition) is 6. The number of hydrogen-bond donors (Lipinski definition) is 1. The Bertz CT molecular complexity index is 813. The third-order valence-corrected chi connectivity index (χ3v) is 3.00. The minimum Gasteiger partial charge on any atom is -0.367 e. The van der Waals surface area contributed by atoms with Gasteiger partial charge in [-0.3, -0.25) is 10.1 Å². The maximum absolute atomic E-state index is 10.9. The van der Waals surface area contributed by atoms with Gasteiger partial charge in [-0.25, -0.2) is 14.5 Å². The summed E-state index contributed by atoms with van der Waals surface area (Å²) in [6, 6.07) is 6.37. The number of nitrogens with zero attached hydrogens (tertiary/aromatic N) is 5. The van der Waals surface area contributed by atoms with Crippen LogP contribution in [0, 0.1) is 10.1 Å². The second-order valence-electron chi connectivity index (χ2n) is 4.33. The van der Waals surface area contributed by atoms with Crippen molar-refractivity contribution in [3.05, 3.63) is 46.9 Å². The molecule has 0 radical (unpaired) electrons. The molecule has 0 bridgehead atoms. The fraction of sp³-hybridized carbons (Fsp3) is 0.154. The van der Waals surface area contributed by atoms with E-state index in [1.54, 1.807) is 22.8 Å². The van der Waals surface area contributed by atoms with E-state index in [1.807, 2.05) is 6.92 Å². The van der Waals surface area contributed by atoms with Crippen molar-refractivity contribution in [2.75, 3.05) is 11.9 Å². The highest BCUT2D eigenvalue weighted by Gasteiger charge is 2.13. The monoisotopic (exact) mass is 284 g/mol. The summed E-state index contributed by atoms with van der Waals surface area (Å²) in [5.74, 6) is 0.629. The van der Waals surface area contributed by atoms with Gasteiger partial charge < -0.3 is 5.32 Å². The number of anilines is 1. The zero-order valence-corrected chi connectivity index (χ0v) is 11.2. The summed E-state index contributed by atoms with van der Waals surface area (Å²) >= 11 is 0. The van der Waals surface area contributed by atoms with Crippen LogP contribution in [0.1, 0.15) is 6.92 Å². The molecule has 0 amide bonds. The molecule has 0 aliphatic rings. The maximum Gasteiger partial charge on any atom is 0.270 e. The van der Waals surface area contributed by atoms with Gasteiger partial charge in [-0.1, -0.05) is 12.1 Å². The number of fused-ring (bicyclic) bond motifs is 1. The quantitative estimate of drug-likeness (QED) is 0.582. The van der Waals surface area contributed by atoms with Crippen LogP contribution in [-0.4, -0.2) is 31.1 Å². The second-order valence-corrected chi connectivity index (χ2v) is 4.33. The van der Waals surface area contributed by atoms with Gasteiger partial charge in [-0.2, -0.15) is 5.10 Å². The van der Waals surface area contributed by atoms with Crippen molar-refractivity contribution < 1.29 is 4.92 Å². The van der Waals surface area contributed by atoms with Crippen molar-refractivity contribution in [1.82, 2.24) is 19.6 Å². The number of aromatic nitrogens is 4. The molecule has 0 aliphatic carbocycles. The second kappa shape index (κ2) is 5.16. The first kappa shape index (κ1) is 13.0. The smallest absolute Gasteiger partial charge is 0.270 e. The first-order valence-electron chi connectivity index (χ1n) is 6.38. The molecule has 0 spiro atoms. The zero-order valence-electron chi connectivity index (χ0n) is 11.2. The summed E-state index contributed by atoms with van der Waals surface area (Å²) in [5, 5.41) is 18.1. The molecule has 8 heteroatoms. The molecule has 106 valence electrons. The van der Waals surface area contributed by atoms with Crippen LogP contribution in [0.2, 0.25) is 0 Å². The van der Waals surface area contributed by atoms with Gasteiger partial charge in [0.1, 0.15) is 6.33 Å². The number of imidazole rings is 1. The fourth-order valence-electron chi connectivity index (χ4n) is 2.08. The molecule has 8 nitrogen and oxygen atoms in total. The van der Waals surface area contributed by atoms with Gasteiger partial charge in [0.15, 0.2) is 11.5 Å². The molecule has 3 aromatic rings. The lowest BCUT2D eigenvalue weighted by Gasteiger charge is -2.04. The van der Waals surface area contributed by atoms with Gasteiger partial charge in [-0.15, -0.1) is 0 Å². The Kier molecular flexibility index (Phi) is 3.19. The normalized spacial score (nSPS) is 10.7. The van der Waals surface area contributed by atoms with Crippen LogP contribution >= 0.6 is 0 Å². The third kappa shape index (κ3) is 2.27. The van der Waals surface area contributed by atoms with E-state index in [0.717, 1.165) is 0 Å². The zero-order chi connectivity index (χ0) is 14.8. The van der Waals surface area contributed by atoms with Crippen molar-refractivity contribution in [3.63, 3.8) is 0 Å². The average Bonchev–Trinajstić information content (AvgIpc) is 2.93. The van der Waals surface area contributed by atoms with Crippen LogP contribution in [0.4, 0.5) is 11.5 Å². The van der Waals surface area contributed by atoms with Gasteiger partial charge in [0.2, 0.25) is 0 Å². The largest absolute Gasteiger partial charge is 0.367 e. The Balaban J connectivity index is 2.15. The summed E-state index contributed by atoms with van der Waals surface area (Å²) in [4.78, 5) is 18.9. The minimum absolute atomic E-state index is 0.0309. The lowest BCUT2D eigenvalue weighted by atomic mass is 10.1. The highest BCUT2D eigenvalue weighted by atomic mass is 16.6. The molecule has 1 aromatic carbocycles. The molecule has 0 fully saturated rings. The Hall–Kier alpha value is -3.03. The van der Waals surface area contributed by atoms with E-state index in [-0.39, 0.29) is 5.69 Å². The predicted octanol–water partition coefficient (Wildman–Crippen LogP) is 2.13. The number of benzene rings is 1. The van der Waals surface area contributed by atoms with Crippen molar-refractivity contribution in [2.45, 2.75) is 6.92 Å². The van der Waals surface area contributed by atoms with Crippen molar-refractivity contribution in [1.29, 1.82) is 0 Å². The van der Waals surface area contributed by atoms with Gasteiger partial charge in [0, 0.05) is 24.2 Å². The molecule has 0 unspecified atom stereocenters. The molecule has 21 heavy (non-hydrogen) atoms. The van der Waals surface area contributed by atoms with Crippen LogP contribution in [-0.2, 0) is 0 Å². The number of nitro benzene ring substituents is 1. The summed E-state index contributed by atoms with van der Waals surface area (Å²) in [7, 11) is 0. The van der Waals surface area contributed by atoms with E-state index >= 15 is 0 Å². The fourth-order valence-corrected chi connectivity index (χ4v) is 2.08. The SMILES string of the molecule is CCNc1ncnn2c(-c3cccc([N+](=O)[O-])c3)cnc12. The molecule has 3 rings (SSSR count). The van der Waals surface area contributed by atoms with Crippen LogP contribution in [0.15, 0.2) is 36.8 Å². The summed E-state index contributed by atoms with van der Waals surface area (Å²) in [6.07, 6.45) is 3.05. The number of non-ortho nitro benzene ring substituents is 1. The van der Waals surface area contributed by atoms with Crippen molar-refractivity contribution >= 4 is 17.2 Å². The van der Waals surface area contributed by atoms with Crippen LogP contribution in [0.5, 0.6) is 0 Å². The van der Waals surface area contributed by atoms with Gasteiger partial charge >= 0.3 is 0 Å². The molecule has 2 heterocycles. The number of rotatable bonds is 4. The highest BCUT2D eigenvalue weighted by Crippen LogP contribution is 2.25. The van der Waals surface area contributed by atoms with Crippen LogP contribution < -0.4 is 5.32 Å². The molecular weight excluding hydrogens is 272 g/mol. The number of nitro groups is 1. The standard InChI is InChI=1S/C13H12N6O2/c1-2-14-12-13-15-7-11(18(13)17-8-16-12)9-4-3-5-10(6-9)19(20)21/h3-8H,2H2,1H3,(H,14,16,17). The number of nitrogens with one attached hydrogen (secondary N) is 1. The van der Waals surface area contributed by atoms with Gasteiger partial charge in [-0.05, 0) is 6.92 Å². The lowest BCUT2D eigenvalue weighted by Crippen LogP contribution is -2.04.